The lowest BCUT2D eigenvalue weighted by Crippen LogP contribution is -2.01. The number of fused-ring (bicyclic) bond motifs is 1. The Morgan fingerprint density at radius 3 is 2.70 bits per heavy atom. The Balaban J connectivity index is 1.62. The summed E-state index contributed by atoms with van der Waals surface area (Å²) in [6, 6.07) is 15.1. The summed E-state index contributed by atoms with van der Waals surface area (Å²) in [5.41, 5.74) is 2.99. The van der Waals surface area contributed by atoms with Crippen LogP contribution in [-0.4, -0.2) is 14.9 Å². The van der Waals surface area contributed by atoms with Crippen LogP contribution in [0.5, 0.6) is 0 Å². The van der Waals surface area contributed by atoms with Gasteiger partial charge in [-0.05, 0) is 19.1 Å². The first-order chi connectivity index (χ1) is 13.1. The van der Waals surface area contributed by atoms with Crippen molar-refractivity contribution >= 4 is 33.5 Å². The third kappa shape index (κ3) is 3.37. The summed E-state index contributed by atoms with van der Waals surface area (Å²) in [5, 5.41) is 16.9. The molecular formula is C20H16N4O2S. The number of thiazole rings is 1. The number of pyridine rings is 1. The second-order valence-electron chi connectivity index (χ2n) is 6.06. The number of rotatable bonds is 5. The Bertz CT molecular complexity index is 1130. The number of aromatic nitrogens is 2. The van der Waals surface area contributed by atoms with E-state index in [9.17, 15) is 10.1 Å². The van der Waals surface area contributed by atoms with Gasteiger partial charge in [0.15, 0.2) is 0 Å². The highest BCUT2D eigenvalue weighted by molar-refractivity contribution is 7.15. The van der Waals surface area contributed by atoms with Crippen molar-refractivity contribution in [1.29, 1.82) is 0 Å². The first-order valence-electron chi connectivity index (χ1n) is 8.40. The van der Waals surface area contributed by atoms with E-state index in [4.69, 9.17) is 0 Å². The summed E-state index contributed by atoms with van der Waals surface area (Å²) in [6.07, 6.45) is 3.17. The first-order valence-corrected chi connectivity index (χ1v) is 9.22. The zero-order valence-corrected chi connectivity index (χ0v) is 15.4. The van der Waals surface area contributed by atoms with Crippen LogP contribution in [-0.2, 0) is 6.54 Å². The molecule has 7 heteroatoms. The maximum Gasteiger partial charge on any atom is 0.278 e. The Hall–Kier alpha value is -3.32. The van der Waals surface area contributed by atoms with E-state index in [0.717, 1.165) is 32.2 Å². The topological polar surface area (TPSA) is 81.0 Å². The smallest absolute Gasteiger partial charge is 0.278 e. The predicted octanol–water partition coefficient (Wildman–Crippen LogP) is 5.19. The molecule has 0 aliphatic rings. The average Bonchev–Trinajstić information content (AvgIpc) is 3.07. The molecule has 4 aromatic rings. The molecule has 0 spiro atoms. The largest absolute Gasteiger partial charge is 0.380 e. The lowest BCUT2D eigenvalue weighted by molar-refractivity contribution is -0.383. The van der Waals surface area contributed by atoms with Gasteiger partial charge in [0.25, 0.3) is 5.69 Å². The molecule has 0 fully saturated rings. The monoisotopic (exact) mass is 376 g/mol. The van der Waals surface area contributed by atoms with Crippen molar-refractivity contribution in [2.75, 3.05) is 5.32 Å². The Kier molecular flexibility index (Phi) is 4.52. The molecule has 27 heavy (non-hydrogen) atoms. The number of non-ortho nitro benzene ring substituents is 1. The van der Waals surface area contributed by atoms with Gasteiger partial charge in [-0.3, -0.25) is 15.1 Å². The Labute approximate surface area is 159 Å². The summed E-state index contributed by atoms with van der Waals surface area (Å²) < 4.78 is 0. The van der Waals surface area contributed by atoms with Crippen molar-refractivity contribution in [2.45, 2.75) is 13.5 Å². The molecule has 6 nitrogen and oxygen atoms in total. The maximum absolute atomic E-state index is 11.2. The van der Waals surface area contributed by atoms with Gasteiger partial charge in [-0.1, -0.05) is 30.3 Å². The lowest BCUT2D eigenvalue weighted by Gasteiger charge is -2.09. The van der Waals surface area contributed by atoms with Crippen LogP contribution in [0.25, 0.3) is 21.3 Å². The van der Waals surface area contributed by atoms with Gasteiger partial charge >= 0.3 is 0 Å². The van der Waals surface area contributed by atoms with E-state index in [1.165, 1.54) is 12.3 Å². The van der Waals surface area contributed by atoms with E-state index in [0.29, 0.717) is 11.9 Å². The molecule has 2 heterocycles. The third-order valence-corrected chi connectivity index (χ3v) is 5.55. The molecule has 0 radical (unpaired) electrons. The molecule has 0 aliphatic carbocycles. The highest BCUT2D eigenvalue weighted by Crippen LogP contribution is 2.32. The molecule has 2 aromatic carbocycles. The molecule has 0 aliphatic heterocycles. The first kappa shape index (κ1) is 17.1. The quantitative estimate of drug-likeness (QED) is 0.383. The van der Waals surface area contributed by atoms with Crippen molar-refractivity contribution in [3.63, 3.8) is 0 Å². The lowest BCUT2D eigenvalue weighted by atomic mass is 10.1. The molecule has 2 aromatic heterocycles. The fourth-order valence-electron chi connectivity index (χ4n) is 2.96. The zero-order valence-electron chi connectivity index (χ0n) is 14.5. The summed E-state index contributed by atoms with van der Waals surface area (Å²) in [5.74, 6) is 0. The van der Waals surface area contributed by atoms with Gasteiger partial charge in [-0.15, -0.1) is 11.3 Å². The van der Waals surface area contributed by atoms with Crippen LogP contribution in [0.15, 0.2) is 60.9 Å². The Morgan fingerprint density at radius 1 is 1.11 bits per heavy atom. The minimum Gasteiger partial charge on any atom is -0.380 e. The average molecular weight is 376 g/mol. The number of nitro groups is 1. The standard InChI is InChI=1S/C20H16N4O2S/c1-13-19(27-20(23-13)14-5-3-2-4-6-14)12-22-17-7-8-18(24(25)26)16-11-21-10-9-15(16)17/h2-11,22H,12H2,1H3. The van der Waals surface area contributed by atoms with Crippen LogP contribution in [0.1, 0.15) is 10.6 Å². The van der Waals surface area contributed by atoms with Crippen LogP contribution in [0.4, 0.5) is 11.4 Å². The molecule has 0 unspecified atom stereocenters. The third-order valence-electron chi connectivity index (χ3n) is 4.34. The second-order valence-corrected chi connectivity index (χ2v) is 7.14. The normalized spacial score (nSPS) is 10.9. The van der Waals surface area contributed by atoms with E-state index >= 15 is 0 Å². The van der Waals surface area contributed by atoms with Crippen molar-refractivity contribution in [1.82, 2.24) is 9.97 Å². The van der Waals surface area contributed by atoms with Crippen molar-refractivity contribution in [3.8, 4) is 10.6 Å². The molecule has 0 amide bonds. The molecule has 0 saturated heterocycles. The number of hydrogen-bond acceptors (Lipinski definition) is 6. The highest BCUT2D eigenvalue weighted by Gasteiger charge is 2.15. The molecule has 0 bridgehead atoms. The van der Waals surface area contributed by atoms with E-state index in [1.807, 2.05) is 37.3 Å². The van der Waals surface area contributed by atoms with E-state index in [2.05, 4.69) is 15.3 Å². The zero-order chi connectivity index (χ0) is 18.8. The van der Waals surface area contributed by atoms with Crippen molar-refractivity contribution < 1.29 is 4.92 Å². The number of nitro benzene ring substituents is 1. The number of hydrogen-bond donors (Lipinski definition) is 1. The number of benzene rings is 2. The highest BCUT2D eigenvalue weighted by atomic mass is 32.1. The molecule has 1 N–H and O–H groups in total. The van der Waals surface area contributed by atoms with Crippen LogP contribution < -0.4 is 5.32 Å². The minimum atomic E-state index is -0.382. The summed E-state index contributed by atoms with van der Waals surface area (Å²) in [4.78, 5) is 20.7. The van der Waals surface area contributed by atoms with E-state index in [1.54, 1.807) is 29.7 Å². The van der Waals surface area contributed by atoms with Gasteiger partial charge in [-0.25, -0.2) is 4.98 Å². The van der Waals surface area contributed by atoms with Gasteiger partial charge < -0.3 is 5.32 Å². The van der Waals surface area contributed by atoms with E-state index < -0.39 is 0 Å². The summed E-state index contributed by atoms with van der Waals surface area (Å²) in [6.45, 7) is 2.60. The minimum absolute atomic E-state index is 0.0592. The SMILES string of the molecule is Cc1nc(-c2ccccc2)sc1CNc1ccc([N+](=O)[O-])c2cnccc12. The molecular weight excluding hydrogens is 360 g/mol. The number of anilines is 1. The van der Waals surface area contributed by atoms with Gasteiger partial charge in [0.2, 0.25) is 0 Å². The number of nitrogens with zero attached hydrogens (tertiary/aromatic N) is 3. The maximum atomic E-state index is 11.2. The van der Waals surface area contributed by atoms with Crippen molar-refractivity contribution in [3.05, 3.63) is 81.6 Å². The van der Waals surface area contributed by atoms with Crippen LogP contribution in [0, 0.1) is 17.0 Å². The molecule has 0 saturated carbocycles. The number of nitrogens with one attached hydrogen (secondary N) is 1. The van der Waals surface area contributed by atoms with Gasteiger partial charge in [0.05, 0.1) is 22.5 Å². The van der Waals surface area contributed by atoms with Crippen LogP contribution in [0.3, 0.4) is 0 Å². The summed E-state index contributed by atoms with van der Waals surface area (Å²) >= 11 is 1.65. The van der Waals surface area contributed by atoms with Crippen LogP contribution in [0.2, 0.25) is 0 Å². The fourth-order valence-corrected chi connectivity index (χ4v) is 3.97. The van der Waals surface area contributed by atoms with Gasteiger partial charge in [0.1, 0.15) is 5.01 Å². The van der Waals surface area contributed by atoms with Crippen molar-refractivity contribution in [2.24, 2.45) is 0 Å². The van der Waals surface area contributed by atoms with E-state index in [-0.39, 0.29) is 10.6 Å². The van der Waals surface area contributed by atoms with Gasteiger partial charge in [0, 0.05) is 40.0 Å². The van der Waals surface area contributed by atoms with Gasteiger partial charge in [-0.2, -0.15) is 0 Å². The Morgan fingerprint density at radius 2 is 1.93 bits per heavy atom. The number of aryl methyl sites for hydroxylation is 1. The molecule has 4 rings (SSSR count). The molecule has 0 atom stereocenters. The molecule has 134 valence electrons. The second kappa shape index (κ2) is 7.13. The summed E-state index contributed by atoms with van der Waals surface area (Å²) in [7, 11) is 0. The fraction of sp³-hybridized carbons (Fsp3) is 0.100. The predicted molar refractivity (Wildman–Crippen MR) is 108 cm³/mol. The van der Waals surface area contributed by atoms with Crippen LogP contribution >= 0.6 is 11.3 Å².